The zero-order valence-corrected chi connectivity index (χ0v) is 12.3. The fourth-order valence-electron chi connectivity index (χ4n) is 2.76. The summed E-state index contributed by atoms with van der Waals surface area (Å²) in [6.45, 7) is 10.7. The average Bonchev–Trinajstić information content (AvgIpc) is 2.39. The summed E-state index contributed by atoms with van der Waals surface area (Å²) in [6, 6.07) is 8.96. The normalized spacial score (nSPS) is 18.1. The number of nitrogens with zero attached hydrogens (tertiary/aromatic N) is 2. The van der Waals surface area contributed by atoms with Crippen molar-refractivity contribution < 1.29 is 0 Å². The molecule has 0 amide bonds. The van der Waals surface area contributed by atoms with Gasteiger partial charge in [0.25, 0.3) is 0 Å². The highest BCUT2D eigenvalue weighted by Crippen LogP contribution is 2.10. The number of piperazine rings is 1. The van der Waals surface area contributed by atoms with Crippen LogP contribution in [-0.4, -0.2) is 48.6 Å². The lowest BCUT2D eigenvalue weighted by Gasteiger charge is -2.36. The molecule has 0 spiro atoms. The van der Waals surface area contributed by atoms with E-state index < -0.39 is 0 Å². The molecule has 1 aromatic rings. The Balaban J connectivity index is 1.67. The summed E-state index contributed by atoms with van der Waals surface area (Å²) in [5, 5.41) is 0. The lowest BCUT2D eigenvalue weighted by molar-refractivity contribution is 0.108. The summed E-state index contributed by atoms with van der Waals surface area (Å²) >= 11 is 0. The van der Waals surface area contributed by atoms with Crippen molar-refractivity contribution in [2.24, 2.45) is 0 Å². The van der Waals surface area contributed by atoms with Crippen LogP contribution in [-0.2, 0) is 6.42 Å². The van der Waals surface area contributed by atoms with E-state index >= 15 is 0 Å². The van der Waals surface area contributed by atoms with Gasteiger partial charge in [0.15, 0.2) is 0 Å². The Morgan fingerprint density at radius 2 is 1.89 bits per heavy atom. The molecular formula is C16H27N3. The summed E-state index contributed by atoms with van der Waals surface area (Å²) in [5.41, 5.74) is 8.04. The van der Waals surface area contributed by atoms with Crippen LogP contribution in [0.3, 0.4) is 0 Å². The summed E-state index contributed by atoms with van der Waals surface area (Å²) in [7, 11) is 0. The third kappa shape index (κ3) is 4.51. The molecule has 3 heteroatoms. The Morgan fingerprint density at radius 3 is 2.53 bits per heavy atom. The highest BCUT2D eigenvalue weighted by Gasteiger charge is 2.17. The van der Waals surface area contributed by atoms with Crippen molar-refractivity contribution in [3.8, 4) is 0 Å². The zero-order chi connectivity index (χ0) is 13.7. The molecule has 0 aliphatic carbocycles. The monoisotopic (exact) mass is 261 g/mol. The van der Waals surface area contributed by atoms with Crippen LogP contribution in [0.25, 0.3) is 0 Å². The van der Waals surface area contributed by atoms with Gasteiger partial charge in [0, 0.05) is 37.9 Å². The van der Waals surface area contributed by atoms with Crippen molar-refractivity contribution in [1.82, 2.24) is 9.80 Å². The smallest absolute Gasteiger partial charge is 0.0316 e. The lowest BCUT2D eigenvalue weighted by Crippen LogP contribution is -2.48. The first kappa shape index (κ1) is 14.4. The first-order valence-electron chi connectivity index (χ1n) is 7.46. The maximum Gasteiger partial charge on any atom is 0.0316 e. The first-order chi connectivity index (χ1) is 9.15. The Bertz CT molecular complexity index is 381. The molecular weight excluding hydrogens is 234 g/mol. The molecule has 1 fully saturated rings. The minimum atomic E-state index is 0.689. The molecule has 1 aromatic carbocycles. The molecule has 0 radical (unpaired) electrons. The van der Waals surface area contributed by atoms with E-state index in [9.17, 15) is 0 Å². The van der Waals surface area contributed by atoms with Crippen molar-refractivity contribution in [2.75, 3.05) is 38.5 Å². The van der Waals surface area contributed by atoms with E-state index in [1.807, 2.05) is 12.1 Å². The number of hydrogen-bond acceptors (Lipinski definition) is 3. The van der Waals surface area contributed by atoms with E-state index in [0.717, 1.165) is 12.1 Å². The van der Waals surface area contributed by atoms with E-state index in [4.69, 9.17) is 5.73 Å². The van der Waals surface area contributed by atoms with Crippen molar-refractivity contribution in [3.05, 3.63) is 29.8 Å². The second kappa shape index (κ2) is 6.92. The minimum absolute atomic E-state index is 0.689. The SMILES string of the molecule is CC(C)N1CCN(CCCc2cccc(N)c2)CC1. The van der Waals surface area contributed by atoms with Crippen LogP contribution in [0.1, 0.15) is 25.8 Å². The molecule has 1 saturated heterocycles. The van der Waals surface area contributed by atoms with Gasteiger partial charge in [0.05, 0.1) is 0 Å². The molecule has 0 unspecified atom stereocenters. The van der Waals surface area contributed by atoms with E-state index in [1.165, 1.54) is 44.7 Å². The van der Waals surface area contributed by atoms with E-state index in [0.29, 0.717) is 6.04 Å². The number of benzene rings is 1. The molecule has 0 saturated carbocycles. The van der Waals surface area contributed by atoms with Gasteiger partial charge in [-0.1, -0.05) is 12.1 Å². The molecule has 0 bridgehead atoms. The first-order valence-corrected chi connectivity index (χ1v) is 7.46. The number of anilines is 1. The second-order valence-corrected chi connectivity index (χ2v) is 5.82. The van der Waals surface area contributed by atoms with E-state index in [2.05, 4.69) is 35.8 Å². The molecule has 1 aliphatic heterocycles. The number of hydrogen-bond donors (Lipinski definition) is 1. The number of rotatable bonds is 5. The van der Waals surface area contributed by atoms with Crippen LogP contribution in [0.4, 0.5) is 5.69 Å². The summed E-state index contributed by atoms with van der Waals surface area (Å²) in [6.07, 6.45) is 2.36. The van der Waals surface area contributed by atoms with Crippen LogP contribution in [0.5, 0.6) is 0 Å². The summed E-state index contributed by atoms with van der Waals surface area (Å²) in [5.74, 6) is 0. The predicted octanol–water partition coefficient (Wildman–Crippen LogP) is 2.23. The van der Waals surface area contributed by atoms with Crippen molar-refractivity contribution in [2.45, 2.75) is 32.7 Å². The van der Waals surface area contributed by atoms with Gasteiger partial charge < -0.3 is 10.6 Å². The number of aryl methyl sites for hydroxylation is 1. The molecule has 2 rings (SSSR count). The third-order valence-corrected chi connectivity index (χ3v) is 4.03. The van der Waals surface area contributed by atoms with Crippen LogP contribution in [0, 0.1) is 0 Å². The fourth-order valence-corrected chi connectivity index (χ4v) is 2.76. The maximum atomic E-state index is 5.80. The highest BCUT2D eigenvalue weighted by atomic mass is 15.3. The average molecular weight is 261 g/mol. The quantitative estimate of drug-likeness (QED) is 0.825. The second-order valence-electron chi connectivity index (χ2n) is 5.82. The van der Waals surface area contributed by atoms with E-state index in [-0.39, 0.29) is 0 Å². The maximum absolute atomic E-state index is 5.80. The fraction of sp³-hybridized carbons (Fsp3) is 0.625. The van der Waals surface area contributed by atoms with Crippen molar-refractivity contribution >= 4 is 5.69 Å². The van der Waals surface area contributed by atoms with Gasteiger partial charge in [0.1, 0.15) is 0 Å². The van der Waals surface area contributed by atoms with Gasteiger partial charge in [-0.25, -0.2) is 0 Å². The molecule has 1 heterocycles. The molecule has 2 N–H and O–H groups in total. The van der Waals surface area contributed by atoms with Crippen molar-refractivity contribution in [1.29, 1.82) is 0 Å². The lowest BCUT2D eigenvalue weighted by atomic mass is 10.1. The topological polar surface area (TPSA) is 32.5 Å². The number of nitrogen functional groups attached to an aromatic ring is 1. The molecule has 3 nitrogen and oxygen atoms in total. The Morgan fingerprint density at radius 1 is 1.16 bits per heavy atom. The summed E-state index contributed by atoms with van der Waals surface area (Å²) < 4.78 is 0. The summed E-state index contributed by atoms with van der Waals surface area (Å²) in [4.78, 5) is 5.15. The predicted molar refractivity (Wildman–Crippen MR) is 82.3 cm³/mol. The van der Waals surface area contributed by atoms with Gasteiger partial charge >= 0.3 is 0 Å². The van der Waals surface area contributed by atoms with Gasteiger partial charge in [0.2, 0.25) is 0 Å². The van der Waals surface area contributed by atoms with Gasteiger partial charge in [-0.3, -0.25) is 4.90 Å². The molecule has 0 atom stereocenters. The Hall–Kier alpha value is -1.06. The largest absolute Gasteiger partial charge is 0.399 e. The third-order valence-electron chi connectivity index (χ3n) is 4.03. The zero-order valence-electron chi connectivity index (χ0n) is 12.3. The Labute approximate surface area is 117 Å². The molecule has 19 heavy (non-hydrogen) atoms. The standard InChI is InChI=1S/C16H27N3/c1-14(2)19-11-9-18(10-12-19)8-4-6-15-5-3-7-16(17)13-15/h3,5,7,13-14H,4,6,8-12,17H2,1-2H3. The molecule has 1 aliphatic rings. The van der Waals surface area contributed by atoms with E-state index in [1.54, 1.807) is 0 Å². The number of nitrogens with two attached hydrogens (primary N) is 1. The molecule has 106 valence electrons. The molecule has 0 aromatic heterocycles. The van der Waals surface area contributed by atoms with Crippen LogP contribution < -0.4 is 5.73 Å². The Kier molecular flexibility index (Phi) is 5.23. The van der Waals surface area contributed by atoms with Gasteiger partial charge in [-0.05, 0) is 50.9 Å². The van der Waals surface area contributed by atoms with Crippen molar-refractivity contribution in [3.63, 3.8) is 0 Å². The van der Waals surface area contributed by atoms with Gasteiger partial charge in [-0.2, -0.15) is 0 Å². The van der Waals surface area contributed by atoms with Crippen LogP contribution in [0.2, 0.25) is 0 Å². The van der Waals surface area contributed by atoms with Crippen LogP contribution >= 0.6 is 0 Å². The van der Waals surface area contributed by atoms with Gasteiger partial charge in [-0.15, -0.1) is 0 Å². The van der Waals surface area contributed by atoms with Crippen LogP contribution in [0.15, 0.2) is 24.3 Å². The minimum Gasteiger partial charge on any atom is -0.399 e. The highest BCUT2D eigenvalue weighted by molar-refractivity contribution is 5.40.